The van der Waals surface area contributed by atoms with Crippen molar-refractivity contribution >= 4 is 12.0 Å². The highest BCUT2D eigenvalue weighted by Gasteiger charge is 2.38. The lowest BCUT2D eigenvalue weighted by Gasteiger charge is -2.46. The van der Waals surface area contributed by atoms with Crippen LogP contribution in [-0.4, -0.2) is 68.0 Å². The van der Waals surface area contributed by atoms with Crippen LogP contribution in [-0.2, 0) is 9.53 Å². The molecule has 0 spiro atoms. The number of allylic oxidation sites excluding steroid dienone is 1. The summed E-state index contributed by atoms with van der Waals surface area (Å²) in [6.45, 7) is 15.7. The number of hydrogen-bond donors (Lipinski definition) is 0. The first-order chi connectivity index (χ1) is 11.3. The fourth-order valence-corrected chi connectivity index (χ4v) is 3.32. The van der Waals surface area contributed by atoms with E-state index in [4.69, 9.17) is 4.74 Å². The molecule has 0 aromatic carbocycles. The molecule has 0 aromatic rings. The highest BCUT2D eigenvalue weighted by atomic mass is 16.5. The summed E-state index contributed by atoms with van der Waals surface area (Å²) in [7, 11) is 2.10. The Balaban J connectivity index is 2.93. The Morgan fingerprint density at radius 3 is 2.75 bits per heavy atom. The van der Waals surface area contributed by atoms with E-state index in [0.29, 0.717) is 25.8 Å². The third-order valence-corrected chi connectivity index (χ3v) is 4.56. The number of ether oxygens (including phenoxy) is 1. The van der Waals surface area contributed by atoms with Crippen LogP contribution in [0.1, 0.15) is 40.5 Å². The van der Waals surface area contributed by atoms with Crippen LogP contribution in [0.2, 0.25) is 0 Å². The Bertz CT molecular complexity index is 436. The van der Waals surface area contributed by atoms with Crippen molar-refractivity contribution in [1.29, 1.82) is 0 Å². The Labute approximate surface area is 147 Å². The van der Waals surface area contributed by atoms with Crippen LogP contribution in [0.4, 0.5) is 0 Å². The van der Waals surface area contributed by atoms with E-state index in [2.05, 4.69) is 49.2 Å². The van der Waals surface area contributed by atoms with Crippen molar-refractivity contribution < 1.29 is 9.53 Å². The smallest absolute Gasteiger partial charge is 0.131 e. The van der Waals surface area contributed by atoms with Crippen LogP contribution in [0, 0.1) is 11.3 Å². The molecule has 138 valence electrons. The van der Waals surface area contributed by atoms with Crippen LogP contribution in [0.3, 0.4) is 0 Å². The maximum atomic E-state index is 11.3. The number of rotatable bonds is 8. The molecule has 0 N–H and O–H groups in total. The van der Waals surface area contributed by atoms with Crippen LogP contribution in [0.5, 0.6) is 0 Å². The average Bonchev–Trinajstić information content (AvgIpc) is 2.47. The molecule has 1 saturated heterocycles. The van der Waals surface area contributed by atoms with Crippen molar-refractivity contribution in [3.8, 4) is 0 Å². The van der Waals surface area contributed by atoms with Crippen molar-refractivity contribution in [3.05, 3.63) is 12.7 Å². The van der Waals surface area contributed by atoms with Crippen LogP contribution < -0.4 is 0 Å². The summed E-state index contributed by atoms with van der Waals surface area (Å²) in [5.74, 6) is 0.676. The predicted molar refractivity (Wildman–Crippen MR) is 100 cm³/mol. The van der Waals surface area contributed by atoms with Gasteiger partial charge in [0.25, 0.3) is 0 Å². The number of Topliss-reactive ketones (excluding diaryl/α,β-unsaturated/α-hetero) is 1. The Morgan fingerprint density at radius 1 is 1.46 bits per heavy atom. The molecular formula is C19H35N3O2. The van der Waals surface area contributed by atoms with Gasteiger partial charge in [0.15, 0.2) is 0 Å². The lowest BCUT2D eigenvalue weighted by atomic mass is 9.77. The normalized spacial score (nSPS) is 27.3. The molecule has 1 aliphatic rings. The molecule has 5 heteroatoms. The second kappa shape index (κ2) is 10.1. The Kier molecular flexibility index (Phi) is 8.81. The molecular weight excluding hydrogens is 302 g/mol. The van der Waals surface area contributed by atoms with E-state index >= 15 is 0 Å². The molecule has 0 aliphatic carbocycles. The zero-order valence-electron chi connectivity index (χ0n) is 16.1. The summed E-state index contributed by atoms with van der Waals surface area (Å²) in [4.78, 5) is 20.5. The fraction of sp³-hybridized carbons (Fsp3) is 0.789. The molecule has 1 rings (SSSR count). The van der Waals surface area contributed by atoms with Gasteiger partial charge in [0.05, 0.1) is 6.54 Å². The minimum atomic E-state index is 0.0192. The molecule has 0 saturated carbocycles. The SMILES string of the molecule is C=CC[C@@]1(C)CN(CCC(C)=O)COCN(C)C1CN=CC(C)C. The number of likely N-dealkylation sites (N-methyl/N-ethyl adjacent to an activating group) is 1. The van der Waals surface area contributed by atoms with Gasteiger partial charge in [-0.2, -0.15) is 0 Å². The van der Waals surface area contributed by atoms with Gasteiger partial charge in [-0.3, -0.25) is 19.6 Å². The number of carbonyl (C=O) groups excluding carboxylic acids is 1. The summed E-state index contributed by atoms with van der Waals surface area (Å²) in [6.07, 6.45) is 5.50. The fourth-order valence-electron chi connectivity index (χ4n) is 3.32. The van der Waals surface area contributed by atoms with E-state index in [-0.39, 0.29) is 17.2 Å². The average molecular weight is 338 g/mol. The molecule has 5 nitrogen and oxygen atoms in total. The molecule has 2 atom stereocenters. The number of aliphatic imine (C=N–C) groups is 1. The van der Waals surface area contributed by atoms with Crippen LogP contribution in [0.15, 0.2) is 17.6 Å². The van der Waals surface area contributed by atoms with E-state index in [9.17, 15) is 4.79 Å². The van der Waals surface area contributed by atoms with Crippen LogP contribution in [0.25, 0.3) is 0 Å². The third kappa shape index (κ3) is 6.83. The zero-order chi connectivity index (χ0) is 18.2. The highest BCUT2D eigenvalue weighted by Crippen LogP contribution is 2.32. The molecule has 1 fully saturated rings. The van der Waals surface area contributed by atoms with Gasteiger partial charge in [-0.15, -0.1) is 6.58 Å². The minimum absolute atomic E-state index is 0.0192. The number of hydrogen-bond acceptors (Lipinski definition) is 5. The molecule has 1 unspecified atom stereocenters. The van der Waals surface area contributed by atoms with Gasteiger partial charge in [-0.25, -0.2) is 0 Å². The van der Waals surface area contributed by atoms with E-state index in [1.807, 2.05) is 12.3 Å². The van der Waals surface area contributed by atoms with Gasteiger partial charge in [0.2, 0.25) is 0 Å². The van der Waals surface area contributed by atoms with Crippen molar-refractivity contribution in [2.75, 3.05) is 40.1 Å². The highest BCUT2D eigenvalue weighted by molar-refractivity contribution is 5.75. The number of nitrogens with zero attached hydrogens (tertiary/aromatic N) is 3. The minimum Gasteiger partial charge on any atom is -0.351 e. The summed E-state index contributed by atoms with van der Waals surface area (Å²) in [5, 5.41) is 0. The number of ketones is 1. The summed E-state index contributed by atoms with van der Waals surface area (Å²) < 4.78 is 5.82. The Morgan fingerprint density at radius 2 is 2.17 bits per heavy atom. The molecule has 0 radical (unpaired) electrons. The van der Waals surface area contributed by atoms with Crippen molar-refractivity contribution in [2.24, 2.45) is 16.3 Å². The molecule has 1 heterocycles. The van der Waals surface area contributed by atoms with Gasteiger partial charge in [0, 0.05) is 37.2 Å². The first kappa shape index (κ1) is 21.0. The van der Waals surface area contributed by atoms with Crippen molar-refractivity contribution in [3.63, 3.8) is 0 Å². The van der Waals surface area contributed by atoms with Gasteiger partial charge in [0.1, 0.15) is 19.2 Å². The maximum absolute atomic E-state index is 11.3. The summed E-state index contributed by atoms with van der Waals surface area (Å²) in [6, 6.07) is 0.269. The number of carbonyl (C=O) groups is 1. The molecule has 0 bridgehead atoms. The van der Waals surface area contributed by atoms with Gasteiger partial charge in [-0.05, 0) is 26.3 Å². The molecule has 0 amide bonds. The molecule has 1 aliphatic heterocycles. The topological polar surface area (TPSA) is 45.1 Å². The predicted octanol–water partition coefficient (Wildman–Crippen LogP) is 2.82. The zero-order valence-corrected chi connectivity index (χ0v) is 16.1. The first-order valence-corrected chi connectivity index (χ1v) is 8.89. The largest absolute Gasteiger partial charge is 0.351 e. The summed E-state index contributed by atoms with van der Waals surface area (Å²) in [5.41, 5.74) is 0.0192. The van der Waals surface area contributed by atoms with Crippen molar-refractivity contribution in [1.82, 2.24) is 9.80 Å². The Hall–Kier alpha value is -1.04. The van der Waals surface area contributed by atoms with Gasteiger partial charge < -0.3 is 4.74 Å². The van der Waals surface area contributed by atoms with Gasteiger partial charge >= 0.3 is 0 Å². The summed E-state index contributed by atoms with van der Waals surface area (Å²) >= 11 is 0. The second-order valence-corrected chi connectivity index (χ2v) is 7.64. The van der Waals surface area contributed by atoms with E-state index in [1.54, 1.807) is 6.92 Å². The second-order valence-electron chi connectivity index (χ2n) is 7.64. The monoisotopic (exact) mass is 337 g/mol. The van der Waals surface area contributed by atoms with E-state index < -0.39 is 0 Å². The molecule has 24 heavy (non-hydrogen) atoms. The van der Waals surface area contributed by atoms with E-state index in [1.165, 1.54) is 0 Å². The van der Waals surface area contributed by atoms with Gasteiger partial charge in [-0.1, -0.05) is 26.8 Å². The first-order valence-electron chi connectivity index (χ1n) is 8.89. The third-order valence-electron chi connectivity index (χ3n) is 4.56. The maximum Gasteiger partial charge on any atom is 0.131 e. The lowest BCUT2D eigenvalue weighted by Crippen LogP contribution is -2.55. The standard InChI is InChI=1S/C19H35N3O2/c1-7-9-19(5)13-22(10-8-17(4)23)15-24-14-21(6)18(19)12-20-11-16(2)3/h7,11,16,18H,1,8-10,12-15H2,2-6H3/t18?,19-/m0/s1. The quantitative estimate of drug-likeness (QED) is 0.505. The van der Waals surface area contributed by atoms with Crippen LogP contribution >= 0.6 is 0 Å². The van der Waals surface area contributed by atoms with Crippen molar-refractivity contribution in [2.45, 2.75) is 46.6 Å². The lowest BCUT2D eigenvalue weighted by molar-refractivity contribution is -0.120. The van der Waals surface area contributed by atoms with E-state index in [0.717, 1.165) is 26.1 Å². The molecule has 0 aromatic heterocycles.